The van der Waals surface area contributed by atoms with E-state index >= 15 is 0 Å². The zero-order valence-electron chi connectivity index (χ0n) is 17.4. The molecule has 0 aliphatic carbocycles. The van der Waals surface area contributed by atoms with Gasteiger partial charge in [0.05, 0.1) is 7.11 Å². The van der Waals surface area contributed by atoms with E-state index in [0.717, 1.165) is 11.3 Å². The zero-order chi connectivity index (χ0) is 22.8. The van der Waals surface area contributed by atoms with E-state index in [-0.39, 0.29) is 16.9 Å². The van der Waals surface area contributed by atoms with Gasteiger partial charge in [0, 0.05) is 23.2 Å². The van der Waals surface area contributed by atoms with Crippen LogP contribution in [0.15, 0.2) is 54.6 Å². The summed E-state index contributed by atoms with van der Waals surface area (Å²) in [5.41, 5.74) is 6.62. The number of ether oxygens (including phenoxy) is 1. The maximum atomic E-state index is 12.2. The van der Waals surface area contributed by atoms with Crippen LogP contribution in [0.5, 0.6) is 5.75 Å². The molecule has 0 fully saturated rings. The number of carbonyl (C=O) groups is 3. The standard InChI is InChI=1S/C22H24N4O4S/c1-14(2)20(28)23-17-9-7-16(8-10-17)21(29)25-26-22(31)24-19(27)13-6-15-4-11-18(30-3)12-5-15/h4-14H,1-3H3,(H,23,28)(H,25,29)(H2,24,26,27,31). The van der Waals surface area contributed by atoms with Crippen molar-refractivity contribution in [3.63, 3.8) is 0 Å². The fraction of sp³-hybridized carbons (Fsp3) is 0.182. The summed E-state index contributed by atoms with van der Waals surface area (Å²) < 4.78 is 5.08. The quantitative estimate of drug-likeness (QED) is 0.312. The van der Waals surface area contributed by atoms with Gasteiger partial charge in [0.2, 0.25) is 11.8 Å². The van der Waals surface area contributed by atoms with Gasteiger partial charge in [0.25, 0.3) is 5.91 Å². The fourth-order valence-corrected chi connectivity index (χ4v) is 2.40. The average molecular weight is 441 g/mol. The van der Waals surface area contributed by atoms with Gasteiger partial charge in [-0.1, -0.05) is 26.0 Å². The molecule has 0 saturated heterocycles. The second-order valence-electron chi connectivity index (χ2n) is 6.73. The molecule has 0 aromatic heterocycles. The molecule has 2 aromatic rings. The summed E-state index contributed by atoms with van der Waals surface area (Å²) in [6.07, 6.45) is 2.94. The van der Waals surface area contributed by atoms with E-state index in [2.05, 4.69) is 21.5 Å². The molecule has 9 heteroatoms. The summed E-state index contributed by atoms with van der Waals surface area (Å²) in [7, 11) is 1.58. The van der Waals surface area contributed by atoms with Crippen LogP contribution in [0.2, 0.25) is 0 Å². The highest BCUT2D eigenvalue weighted by Gasteiger charge is 2.09. The van der Waals surface area contributed by atoms with Crippen LogP contribution in [0.1, 0.15) is 29.8 Å². The fourth-order valence-electron chi connectivity index (χ4n) is 2.25. The Kier molecular flexibility index (Phi) is 8.71. The molecule has 0 aliphatic heterocycles. The Bertz CT molecular complexity index is 970. The van der Waals surface area contributed by atoms with Gasteiger partial charge in [0.1, 0.15) is 5.75 Å². The number of rotatable bonds is 6. The molecule has 162 valence electrons. The summed E-state index contributed by atoms with van der Waals surface area (Å²) in [6.45, 7) is 3.58. The summed E-state index contributed by atoms with van der Waals surface area (Å²) in [5.74, 6) is -0.437. The number of carbonyl (C=O) groups excluding carboxylic acids is 3. The molecule has 0 aliphatic rings. The minimum absolute atomic E-state index is 0.0569. The van der Waals surface area contributed by atoms with Crippen molar-refractivity contribution in [3.8, 4) is 5.75 Å². The molecule has 31 heavy (non-hydrogen) atoms. The lowest BCUT2D eigenvalue weighted by Gasteiger charge is -2.11. The van der Waals surface area contributed by atoms with Gasteiger partial charge in [-0.2, -0.15) is 0 Å². The van der Waals surface area contributed by atoms with Crippen molar-refractivity contribution in [2.75, 3.05) is 12.4 Å². The van der Waals surface area contributed by atoms with Gasteiger partial charge >= 0.3 is 0 Å². The van der Waals surface area contributed by atoms with E-state index < -0.39 is 11.8 Å². The monoisotopic (exact) mass is 440 g/mol. The molecule has 0 radical (unpaired) electrons. The number of anilines is 1. The molecule has 8 nitrogen and oxygen atoms in total. The van der Waals surface area contributed by atoms with Gasteiger partial charge in [-0.25, -0.2) is 0 Å². The van der Waals surface area contributed by atoms with Crippen molar-refractivity contribution in [1.82, 2.24) is 16.2 Å². The van der Waals surface area contributed by atoms with Crippen LogP contribution in [0.25, 0.3) is 6.08 Å². The second kappa shape index (κ2) is 11.5. The molecule has 0 unspecified atom stereocenters. The number of methoxy groups -OCH3 is 1. The Labute approximate surface area is 186 Å². The highest BCUT2D eigenvalue weighted by atomic mass is 32.1. The van der Waals surface area contributed by atoms with Crippen LogP contribution in [0, 0.1) is 5.92 Å². The molecule has 2 aromatic carbocycles. The van der Waals surface area contributed by atoms with E-state index in [1.54, 1.807) is 75.6 Å². The number of thiocarbonyl (C=S) groups is 1. The lowest BCUT2D eigenvalue weighted by atomic mass is 10.1. The van der Waals surface area contributed by atoms with Crippen molar-refractivity contribution < 1.29 is 19.1 Å². The van der Waals surface area contributed by atoms with Gasteiger partial charge in [-0.15, -0.1) is 0 Å². The van der Waals surface area contributed by atoms with Crippen LogP contribution in [-0.2, 0) is 9.59 Å². The number of nitrogens with one attached hydrogen (secondary N) is 4. The number of benzene rings is 2. The van der Waals surface area contributed by atoms with Crippen molar-refractivity contribution in [2.24, 2.45) is 5.92 Å². The largest absolute Gasteiger partial charge is 0.497 e. The summed E-state index contributed by atoms with van der Waals surface area (Å²) in [4.78, 5) is 35.8. The van der Waals surface area contributed by atoms with Gasteiger partial charge in [-0.05, 0) is 60.3 Å². The first-order chi connectivity index (χ1) is 14.8. The first-order valence-electron chi connectivity index (χ1n) is 9.43. The Balaban J connectivity index is 1.79. The predicted molar refractivity (Wildman–Crippen MR) is 123 cm³/mol. The zero-order valence-corrected chi connectivity index (χ0v) is 18.2. The van der Waals surface area contributed by atoms with Crippen molar-refractivity contribution in [3.05, 3.63) is 65.7 Å². The number of hydrogen-bond acceptors (Lipinski definition) is 5. The molecule has 4 N–H and O–H groups in total. The lowest BCUT2D eigenvalue weighted by Crippen LogP contribution is -2.48. The lowest BCUT2D eigenvalue weighted by molar-refractivity contribution is -0.119. The minimum atomic E-state index is -0.452. The van der Waals surface area contributed by atoms with Crippen LogP contribution >= 0.6 is 12.2 Å². The van der Waals surface area contributed by atoms with Crippen LogP contribution in [0.4, 0.5) is 5.69 Å². The van der Waals surface area contributed by atoms with Crippen molar-refractivity contribution in [2.45, 2.75) is 13.8 Å². The Hall–Kier alpha value is -3.72. The maximum Gasteiger partial charge on any atom is 0.269 e. The number of amides is 3. The minimum Gasteiger partial charge on any atom is -0.497 e. The molecule has 0 spiro atoms. The predicted octanol–water partition coefficient (Wildman–Crippen LogP) is 2.64. The third-order valence-corrected chi connectivity index (χ3v) is 4.21. The van der Waals surface area contributed by atoms with Crippen LogP contribution < -0.4 is 26.2 Å². The molecule has 0 bridgehead atoms. The normalized spacial score (nSPS) is 10.5. The molecule has 3 amide bonds. The smallest absolute Gasteiger partial charge is 0.269 e. The summed E-state index contributed by atoms with van der Waals surface area (Å²) in [5, 5.41) is 5.11. The summed E-state index contributed by atoms with van der Waals surface area (Å²) >= 11 is 5.00. The van der Waals surface area contributed by atoms with Gasteiger partial charge in [-0.3, -0.25) is 30.6 Å². The van der Waals surface area contributed by atoms with Gasteiger partial charge < -0.3 is 10.1 Å². The van der Waals surface area contributed by atoms with E-state index in [9.17, 15) is 14.4 Å². The second-order valence-corrected chi connectivity index (χ2v) is 7.13. The first-order valence-corrected chi connectivity index (χ1v) is 9.83. The Morgan fingerprint density at radius 2 is 1.61 bits per heavy atom. The number of hydrazine groups is 1. The molecule has 0 saturated carbocycles. The van der Waals surface area contributed by atoms with Crippen LogP contribution in [-0.4, -0.2) is 29.9 Å². The Morgan fingerprint density at radius 3 is 2.19 bits per heavy atom. The van der Waals surface area contributed by atoms with Crippen molar-refractivity contribution >= 4 is 46.8 Å². The van der Waals surface area contributed by atoms with E-state index in [4.69, 9.17) is 17.0 Å². The molecule has 2 rings (SSSR count). The third kappa shape index (κ3) is 7.90. The highest BCUT2D eigenvalue weighted by molar-refractivity contribution is 7.80. The topological polar surface area (TPSA) is 109 Å². The average Bonchev–Trinajstić information content (AvgIpc) is 2.76. The molecular formula is C22H24N4O4S. The Morgan fingerprint density at radius 1 is 0.968 bits per heavy atom. The molecule has 0 heterocycles. The van der Waals surface area contributed by atoms with E-state index in [1.807, 2.05) is 0 Å². The van der Waals surface area contributed by atoms with Crippen molar-refractivity contribution in [1.29, 1.82) is 0 Å². The van der Waals surface area contributed by atoms with E-state index in [1.165, 1.54) is 6.08 Å². The molecular weight excluding hydrogens is 416 g/mol. The van der Waals surface area contributed by atoms with Crippen LogP contribution in [0.3, 0.4) is 0 Å². The summed E-state index contributed by atoms with van der Waals surface area (Å²) in [6, 6.07) is 13.5. The van der Waals surface area contributed by atoms with Gasteiger partial charge in [0.15, 0.2) is 5.11 Å². The SMILES string of the molecule is COc1ccc(C=CC(=O)NC(=S)NNC(=O)c2ccc(NC(=O)C(C)C)cc2)cc1. The van der Waals surface area contributed by atoms with E-state index in [0.29, 0.717) is 11.3 Å². The third-order valence-electron chi connectivity index (χ3n) is 4.01. The highest BCUT2D eigenvalue weighted by Crippen LogP contribution is 2.12. The number of hydrogen-bond donors (Lipinski definition) is 4. The molecule has 0 atom stereocenters. The maximum absolute atomic E-state index is 12.2. The first kappa shape index (κ1) is 23.6.